The number of nitrogens with one attached hydrogen (secondary N) is 3. The van der Waals surface area contributed by atoms with Crippen LogP contribution in [0.1, 0.15) is 13.8 Å². The van der Waals surface area contributed by atoms with E-state index in [1.165, 1.54) is 20.2 Å². The number of hydrogen-bond acceptors (Lipinski definition) is 6. The lowest BCUT2D eigenvalue weighted by atomic mass is 10.2. The number of aromatic nitrogens is 4. The summed E-state index contributed by atoms with van der Waals surface area (Å²) in [5.74, 6) is -0.517. The molecule has 0 radical (unpaired) electrons. The molecule has 2 aromatic rings. The first-order valence-electron chi connectivity index (χ1n) is 4.85. The van der Waals surface area contributed by atoms with Crippen molar-refractivity contribution in [2.75, 3.05) is 5.32 Å². The van der Waals surface area contributed by atoms with Gasteiger partial charge in [-0.05, 0) is 13.8 Å². The summed E-state index contributed by atoms with van der Waals surface area (Å²) in [6.45, 7) is 2.49. The zero-order chi connectivity index (χ0) is 12.6. The van der Waals surface area contributed by atoms with Crippen LogP contribution >= 0.6 is 0 Å². The highest BCUT2D eigenvalue weighted by Gasteiger charge is 2.27. The Kier molecular flexibility index (Phi) is 2.43. The highest BCUT2D eigenvalue weighted by atomic mass is 16.3. The van der Waals surface area contributed by atoms with E-state index in [0.717, 1.165) is 0 Å². The predicted octanol–water partition coefficient (Wildman–Crippen LogP) is -0.644. The van der Waals surface area contributed by atoms with Crippen LogP contribution in [0.25, 0.3) is 11.2 Å². The number of hydrogen-bond donors (Lipinski definition) is 4. The minimum atomic E-state index is -1.79. The molecule has 90 valence electrons. The normalized spacial score (nSPS) is 14.5. The van der Waals surface area contributed by atoms with E-state index < -0.39 is 17.1 Å². The first kappa shape index (κ1) is 11.3. The molecule has 1 unspecified atom stereocenters. The summed E-state index contributed by atoms with van der Waals surface area (Å²) in [5.41, 5.74) is -1.79. The lowest BCUT2D eigenvalue weighted by Gasteiger charge is -2.21. The molecule has 1 atom stereocenters. The number of nitrogens with zero attached hydrogens (tertiary/aromatic N) is 2. The van der Waals surface area contributed by atoms with E-state index in [1.807, 2.05) is 0 Å². The summed E-state index contributed by atoms with van der Waals surface area (Å²) >= 11 is 0. The summed E-state index contributed by atoms with van der Waals surface area (Å²) < 4.78 is 0. The highest BCUT2D eigenvalue weighted by Crippen LogP contribution is 2.09. The van der Waals surface area contributed by atoms with Crippen molar-refractivity contribution in [3.05, 3.63) is 16.7 Å². The third-order valence-electron chi connectivity index (χ3n) is 2.34. The number of carbonyl (C=O) groups is 1. The lowest BCUT2D eigenvalue weighted by molar-refractivity contribution is -0.130. The molecular weight excluding hydrogens is 226 g/mol. The monoisotopic (exact) mass is 237 g/mol. The van der Waals surface area contributed by atoms with Gasteiger partial charge in [-0.15, -0.1) is 0 Å². The van der Waals surface area contributed by atoms with Gasteiger partial charge in [0, 0.05) is 0 Å². The molecule has 0 saturated carbocycles. The molecule has 0 aliphatic rings. The van der Waals surface area contributed by atoms with Gasteiger partial charge in [0.1, 0.15) is 0 Å². The van der Waals surface area contributed by atoms with Crippen molar-refractivity contribution in [3.8, 4) is 0 Å². The Balaban J connectivity index is 2.43. The topological polar surface area (TPSA) is 124 Å². The molecule has 0 spiro atoms. The van der Waals surface area contributed by atoms with Gasteiger partial charge in [0.25, 0.3) is 5.56 Å². The Morgan fingerprint density at radius 1 is 1.59 bits per heavy atom. The number of carbonyl (C=O) groups excluding carboxylic acids is 1. The van der Waals surface area contributed by atoms with Gasteiger partial charge >= 0.3 is 0 Å². The van der Waals surface area contributed by atoms with Crippen molar-refractivity contribution in [1.29, 1.82) is 0 Å². The Morgan fingerprint density at radius 2 is 2.29 bits per heavy atom. The molecule has 0 amide bonds. The van der Waals surface area contributed by atoms with E-state index in [0.29, 0.717) is 0 Å². The van der Waals surface area contributed by atoms with Crippen LogP contribution in [-0.4, -0.2) is 36.6 Å². The molecule has 2 heterocycles. The number of ketones is 1. The SMILES string of the molecule is CC(=O)C(C)(O)Nc1nc2nc[nH]c2c(=O)[nH]1. The minimum absolute atomic E-state index is 0.0187. The third-order valence-corrected chi connectivity index (χ3v) is 2.34. The summed E-state index contributed by atoms with van der Waals surface area (Å²) in [5, 5.41) is 12.1. The van der Waals surface area contributed by atoms with Gasteiger partial charge in [0.05, 0.1) is 6.33 Å². The van der Waals surface area contributed by atoms with E-state index in [2.05, 4.69) is 25.3 Å². The Labute approximate surface area is 95.1 Å². The molecular formula is C9H11N5O3. The van der Waals surface area contributed by atoms with Crippen molar-refractivity contribution in [1.82, 2.24) is 19.9 Å². The van der Waals surface area contributed by atoms with Gasteiger partial charge in [-0.3, -0.25) is 14.6 Å². The van der Waals surface area contributed by atoms with E-state index in [1.54, 1.807) is 0 Å². The fourth-order valence-electron chi connectivity index (χ4n) is 1.22. The van der Waals surface area contributed by atoms with Crippen molar-refractivity contribution < 1.29 is 9.90 Å². The van der Waals surface area contributed by atoms with Crippen LogP contribution in [0.5, 0.6) is 0 Å². The van der Waals surface area contributed by atoms with Crippen LogP contribution in [0.3, 0.4) is 0 Å². The molecule has 0 bridgehead atoms. The van der Waals surface area contributed by atoms with E-state index in [9.17, 15) is 14.7 Å². The number of imidazole rings is 1. The first-order valence-corrected chi connectivity index (χ1v) is 4.85. The van der Waals surface area contributed by atoms with Gasteiger partial charge in [-0.1, -0.05) is 0 Å². The van der Waals surface area contributed by atoms with Crippen LogP contribution in [0.2, 0.25) is 0 Å². The maximum absolute atomic E-state index is 11.5. The van der Waals surface area contributed by atoms with E-state index in [-0.39, 0.29) is 17.1 Å². The summed E-state index contributed by atoms with van der Waals surface area (Å²) in [7, 11) is 0. The van der Waals surface area contributed by atoms with Crippen LogP contribution < -0.4 is 10.9 Å². The first-order chi connectivity index (χ1) is 7.90. The Hall–Kier alpha value is -2.22. The van der Waals surface area contributed by atoms with Crippen molar-refractivity contribution in [2.45, 2.75) is 19.6 Å². The molecule has 0 fully saturated rings. The number of Topliss-reactive ketones (excluding diaryl/α,β-unsaturated/α-hetero) is 1. The largest absolute Gasteiger partial charge is 0.365 e. The number of rotatable bonds is 3. The zero-order valence-corrected chi connectivity index (χ0v) is 9.24. The number of aliphatic hydroxyl groups is 1. The van der Waals surface area contributed by atoms with Crippen LogP contribution in [0, 0.1) is 0 Å². The number of aromatic amines is 2. The second-order valence-electron chi connectivity index (χ2n) is 3.77. The average molecular weight is 237 g/mol. The third kappa shape index (κ3) is 2.02. The number of fused-ring (bicyclic) bond motifs is 1. The minimum Gasteiger partial charge on any atom is -0.365 e. The highest BCUT2D eigenvalue weighted by molar-refractivity contribution is 5.86. The predicted molar refractivity (Wildman–Crippen MR) is 59.4 cm³/mol. The quantitative estimate of drug-likeness (QED) is 0.526. The molecule has 0 aliphatic heterocycles. The molecule has 8 heteroatoms. The van der Waals surface area contributed by atoms with E-state index in [4.69, 9.17) is 0 Å². The molecule has 8 nitrogen and oxygen atoms in total. The average Bonchev–Trinajstić information content (AvgIpc) is 2.64. The molecule has 4 N–H and O–H groups in total. The number of anilines is 1. The molecule has 17 heavy (non-hydrogen) atoms. The van der Waals surface area contributed by atoms with Crippen molar-refractivity contribution in [3.63, 3.8) is 0 Å². The van der Waals surface area contributed by atoms with Gasteiger partial charge in [0.2, 0.25) is 5.95 Å². The fraction of sp³-hybridized carbons (Fsp3) is 0.333. The van der Waals surface area contributed by atoms with E-state index >= 15 is 0 Å². The Morgan fingerprint density at radius 3 is 2.94 bits per heavy atom. The standard InChI is InChI=1S/C9H11N5O3/c1-4(15)9(2,17)14-8-12-6-5(7(16)13-8)10-3-11-6/h3,17H,1-2H3,(H3,10,11,12,13,14,16). The molecule has 0 aliphatic carbocycles. The van der Waals surface area contributed by atoms with Gasteiger partial charge in [0.15, 0.2) is 22.7 Å². The maximum Gasteiger partial charge on any atom is 0.278 e. The Bertz CT molecular complexity index is 627. The van der Waals surface area contributed by atoms with Crippen molar-refractivity contribution in [2.24, 2.45) is 0 Å². The van der Waals surface area contributed by atoms with Crippen LogP contribution in [0.4, 0.5) is 5.95 Å². The maximum atomic E-state index is 11.5. The molecule has 0 aromatic carbocycles. The summed E-state index contributed by atoms with van der Waals surface area (Å²) in [6, 6.07) is 0. The van der Waals surface area contributed by atoms with Crippen LogP contribution in [0.15, 0.2) is 11.1 Å². The number of H-pyrrole nitrogens is 2. The van der Waals surface area contributed by atoms with Gasteiger partial charge in [-0.2, -0.15) is 4.98 Å². The summed E-state index contributed by atoms with van der Waals surface area (Å²) in [6.07, 6.45) is 1.33. The summed E-state index contributed by atoms with van der Waals surface area (Å²) in [4.78, 5) is 35.4. The van der Waals surface area contributed by atoms with Gasteiger partial charge < -0.3 is 15.4 Å². The second-order valence-corrected chi connectivity index (χ2v) is 3.77. The van der Waals surface area contributed by atoms with Crippen LogP contribution in [-0.2, 0) is 4.79 Å². The smallest absolute Gasteiger partial charge is 0.278 e. The molecule has 2 aromatic heterocycles. The molecule has 2 rings (SSSR count). The second kappa shape index (κ2) is 3.67. The lowest BCUT2D eigenvalue weighted by Crippen LogP contribution is -2.42. The van der Waals surface area contributed by atoms with Crippen molar-refractivity contribution >= 4 is 22.9 Å². The fourth-order valence-corrected chi connectivity index (χ4v) is 1.22. The molecule has 0 saturated heterocycles. The zero-order valence-electron chi connectivity index (χ0n) is 9.24. The van der Waals surface area contributed by atoms with Gasteiger partial charge in [-0.25, -0.2) is 4.98 Å².